The van der Waals surface area contributed by atoms with Crippen LogP contribution in [0, 0.1) is 5.92 Å². The van der Waals surface area contributed by atoms with E-state index in [1.54, 1.807) is 0 Å². The maximum atomic E-state index is 6.26. The number of halogens is 2. The molecule has 1 aliphatic heterocycles. The van der Waals surface area contributed by atoms with Crippen molar-refractivity contribution in [2.45, 2.75) is 18.3 Å². The monoisotopic (exact) mass is 317 g/mol. The summed E-state index contributed by atoms with van der Waals surface area (Å²) in [6.45, 7) is 2.18. The van der Waals surface area contributed by atoms with Gasteiger partial charge < -0.3 is 5.32 Å². The molecule has 3 unspecified atom stereocenters. The second kappa shape index (κ2) is 5.31. The average Bonchev–Trinajstić information content (AvgIpc) is 2.82. The molecule has 108 valence electrons. The molecule has 3 atom stereocenters. The Bertz CT molecular complexity index is 665. The van der Waals surface area contributed by atoms with Crippen LogP contribution in [0.15, 0.2) is 42.5 Å². The molecule has 0 saturated carbocycles. The van der Waals surface area contributed by atoms with Gasteiger partial charge in [-0.25, -0.2) is 0 Å². The van der Waals surface area contributed by atoms with Gasteiger partial charge in [0, 0.05) is 28.4 Å². The van der Waals surface area contributed by atoms with Crippen LogP contribution in [0.1, 0.15) is 34.9 Å². The van der Waals surface area contributed by atoms with Crippen LogP contribution in [0.2, 0.25) is 10.0 Å². The fraction of sp³-hybridized carbons (Fsp3) is 0.333. The molecule has 2 aromatic carbocycles. The molecular weight excluding hydrogens is 301 g/mol. The Balaban J connectivity index is 1.85. The molecule has 0 aromatic heterocycles. The van der Waals surface area contributed by atoms with Crippen LogP contribution >= 0.6 is 23.2 Å². The molecule has 4 rings (SSSR count). The summed E-state index contributed by atoms with van der Waals surface area (Å²) in [5.41, 5.74) is 4.23. The molecule has 2 aromatic rings. The summed E-state index contributed by atoms with van der Waals surface area (Å²) < 4.78 is 0. The highest BCUT2D eigenvalue weighted by molar-refractivity contribution is 6.31. The summed E-state index contributed by atoms with van der Waals surface area (Å²) in [7, 11) is 0. The third-order valence-corrected chi connectivity index (χ3v) is 5.46. The quantitative estimate of drug-likeness (QED) is 0.794. The third-order valence-electron chi connectivity index (χ3n) is 4.98. The van der Waals surface area contributed by atoms with Gasteiger partial charge in [0.25, 0.3) is 0 Å². The molecule has 0 spiro atoms. The van der Waals surface area contributed by atoms with Gasteiger partial charge in [0.1, 0.15) is 0 Å². The van der Waals surface area contributed by atoms with Crippen molar-refractivity contribution < 1.29 is 0 Å². The molecule has 1 nitrogen and oxygen atoms in total. The lowest BCUT2D eigenvalue weighted by Crippen LogP contribution is -2.34. The summed E-state index contributed by atoms with van der Waals surface area (Å²) in [5.74, 6) is 1.72. The highest BCUT2D eigenvalue weighted by Crippen LogP contribution is 2.52. The zero-order valence-corrected chi connectivity index (χ0v) is 13.2. The van der Waals surface area contributed by atoms with Crippen LogP contribution in [0.3, 0.4) is 0 Å². The topological polar surface area (TPSA) is 12.0 Å². The van der Waals surface area contributed by atoms with Crippen molar-refractivity contribution in [3.63, 3.8) is 0 Å². The first-order valence-corrected chi connectivity index (χ1v) is 8.25. The number of benzene rings is 2. The fourth-order valence-corrected chi connectivity index (χ4v) is 4.41. The van der Waals surface area contributed by atoms with Crippen molar-refractivity contribution >= 4 is 23.2 Å². The Hall–Kier alpha value is -1.02. The largest absolute Gasteiger partial charge is 0.316 e. The number of fused-ring (bicyclic) bond motifs is 3. The summed E-state index contributed by atoms with van der Waals surface area (Å²) >= 11 is 12.3. The van der Waals surface area contributed by atoms with Crippen molar-refractivity contribution in [2.75, 3.05) is 13.1 Å². The standard InChI is InChI=1S/C18H17Cl2N/c19-12-3-1-11(2-4-12)18-15-7-8-21-10-17(15)14-6-5-13(20)9-16(14)18/h1-6,9,15,17-18,21H,7-8,10H2. The first-order chi connectivity index (χ1) is 10.2. The van der Waals surface area contributed by atoms with Gasteiger partial charge in [-0.1, -0.05) is 41.4 Å². The Morgan fingerprint density at radius 1 is 0.905 bits per heavy atom. The number of hydrogen-bond acceptors (Lipinski definition) is 1. The minimum atomic E-state index is 0.447. The lowest BCUT2D eigenvalue weighted by molar-refractivity contribution is 0.324. The molecule has 2 aliphatic rings. The van der Waals surface area contributed by atoms with Crippen LogP contribution < -0.4 is 5.32 Å². The van der Waals surface area contributed by atoms with Crippen LogP contribution in [0.4, 0.5) is 0 Å². The minimum Gasteiger partial charge on any atom is -0.316 e. The molecule has 3 heteroatoms. The molecule has 0 amide bonds. The first kappa shape index (κ1) is 13.6. The van der Waals surface area contributed by atoms with Crippen LogP contribution in [0.5, 0.6) is 0 Å². The molecule has 1 aliphatic carbocycles. The number of hydrogen-bond donors (Lipinski definition) is 1. The van der Waals surface area contributed by atoms with Crippen molar-refractivity contribution in [2.24, 2.45) is 5.92 Å². The lowest BCUT2D eigenvalue weighted by Gasteiger charge is -2.30. The van der Waals surface area contributed by atoms with E-state index in [4.69, 9.17) is 23.2 Å². The zero-order chi connectivity index (χ0) is 14.4. The Kier molecular flexibility index (Phi) is 3.45. The molecule has 1 saturated heterocycles. The highest BCUT2D eigenvalue weighted by atomic mass is 35.5. The van der Waals surface area contributed by atoms with Gasteiger partial charge in [0.15, 0.2) is 0 Å². The number of nitrogens with one attached hydrogen (secondary N) is 1. The molecular formula is C18H17Cl2N. The first-order valence-electron chi connectivity index (χ1n) is 7.49. The van der Waals surface area contributed by atoms with Crippen LogP contribution in [-0.4, -0.2) is 13.1 Å². The molecule has 1 heterocycles. The van der Waals surface area contributed by atoms with E-state index in [1.165, 1.54) is 23.1 Å². The second-order valence-electron chi connectivity index (χ2n) is 6.07. The predicted octanol–water partition coefficient (Wildman–Crippen LogP) is 4.83. The molecule has 1 N–H and O–H groups in total. The van der Waals surface area contributed by atoms with E-state index in [9.17, 15) is 0 Å². The normalized spacial score (nSPS) is 27.2. The Morgan fingerprint density at radius 2 is 1.67 bits per heavy atom. The summed E-state index contributed by atoms with van der Waals surface area (Å²) in [5, 5.41) is 5.17. The van der Waals surface area contributed by atoms with Gasteiger partial charge in [-0.05, 0) is 59.8 Å². The van der Waals surface area contributed by atoms with Gasteiger partial charge in [-0.3, -0.25) is 0 Å². The predicted molar refractivity (Wildman–Crippen MR) is 88.5 cm³/mol. The molecule has 0 bridgehead atoms. The average molecular weight is 318 g/mol. The highest BCUT2D eigenvalue weighted by Gasteiger charge is 2.42. The van der Waals surface area contributed by atoms with E-state index >= 15 is 0 Å². The van der Waals surface area contributed by atoms with E-state index in [0.717, 1.165) is 23.1 Å². The maximum Gasteiger partial charge on any atom is 0.0409 e. The summed E-state index contributed by atoms with van der Waals surface area (Å²) in [6, 6.07) is 14.7. The maximum absolute atomic E-state index is 6.26. The Labute approximate surface area is 135 Å². The fourth-order valence-electron chi connectivity index (χ4n) is 4.10. The number of piperidine rings is 1. The van der Waals surface area contributed by atoms with E-state index in [1.807, 2.05) is 18.2 Å². The second-order valence-corrected chi connectivity index (χ2v) is 6.94. The summed E-state index contributed by atoms with van der Waals surface area (Å²) in [6.07, 6.45) is 1.21. The van der Waals surface area contributed by atoms with Gasteiger partial charge in [0.2, 0.25) is 0 Å². The van der Waals surface area contributed by atoms with E-state index < -0.39 is 0 Å². The van der Waals surface area contributed by atoms with Crippen molar-refractivity contribution in [1.29, 1.82) is 0 Å². The van der Waals surface area contributed by atoms with Gasteiger partial charge >= 0.3 is 0 Å². The minimum absolute atomic E-state index is 0.447. The Morgan fingerprint density at radius 3 is 2.48 bits per heavy atom. The van der Waals surface area contributed by atoms with Crippen molar-refractivity contribution in [1.82, 2.24) is 5.32 Å². The van der Waals surface area contributed by atoms with Crippen LogP contribution in [0.25, 0.3) is 0 Å². The van der Waals surface area contributed by atoms with Crippen LogP contribution in [-0.2, 0) is 0 Å². The molecule has 0 radical (unpaired) electrons. The van der Waals surface area contributed by atoms with Crippen molar-refractivity contribution in [3.05, 3.63) is 69.2 Å². The summed E-state index contributed by atoms with van der Waals surface area (Å²) in [4.78, 5) is 0. The molecule has 21 heavy (non-hydrogen) atoms. The van der Waals surface area contributed by atoms with Gasteiger partial charge in [-0.15, -0.1) is 0 Å². The molecule has 1 fully saturated rings. The third kappa shape index (κ3) is 2.28. The van der Waals surface area contributed by atoms with Crippen molar-refractivity contribution in [3.8, 4) is 0 Å². The zero-order valence-electron chi connectivity index (χ0n) is 11.7. The van der Waals surface area contributed by atoms with E-state index in [2.05, 4.69) is 29.6 Å². The van der Waals surface area contributed by atoms with Gasteiger partial charge in [-0.2, -0.15) is 0 Å². The lowest BCUT2D eigenvalue weighted by atomic mass is 9.79. The van der Waals surface area contributed by atoms with Gasteiger partial charge in [0.05, 0.1) is 0 Å². The SMILES string of the molecule is Clc1ccc(C2c3cc(Cl)ccc3C3CNCCC32)cc1. The van der Waals surface area contributed by atoms with E-state index in [0.29, 0.717) is 17.8 Å². The number of rotatable bonds is 1. The smallest absolute Gasteiger partial charge is 0.0409 e. The van der Waals surface area contributed by atoms with E-state index in [-0.39, 0.29) is 0 Å².